The van der Waals surface area contributed by atoms with E-state index in [1.807, 2.05) is 13.0 Å². The Kier molecular flexibility index (Phi) is 4.10. The number of rotatable bonds is 3. The van der Waals surface area contributed by atoms with Gasteiger partial charge in [0.25, 0.3) is 5.91 Å². The Labute approximate surface area is 123 Å². The summed E-state index contributed by atoms with van der Waals surface area (Å²) in [4.78, 5) is 12.3. The maximum absolute atomic E-state index is 12.3. The van der Waals surface area contributed by atoms with Gasteiger partial charge in [0, 0.05) is 5.69 Å². The summed E-state index contributed by atoms with van der Waals surface area (Å²) in [6, 6.07) is 12.2. The molecule has 0 fully saturated rings. The Hall–Kier alpha value is -3.00. The maximum atomic E-state index is 12.3. The van der Waals surface area contributed by atoms with E-state index in [-0.39, 0.29) is 5.91 Å². The van der Waals surface area contributed by atoms with Gasteiger partial charge in [-0.15, -0.1) is 0 Å². The third kappa shape index (κ3) is 2.95. The summed E-state index contributed by atoms with van der Waals surface area (Å²) in [5.74, 6) is 0.160. The molecular weight excluding hydrogens is 266 g/mol. The van der Waals surface area contributed by atoms with Crippen molar-refractivity contribution >= 4 is 17.3 Å². The van der Waals surface area contributed by atoms with Crippen LogP contribution >= 0.6 is 0 Å². The molecule has 0 saturated carbocycles. The van der Waals surface area contributed by atoms with E-state index < -0.39 is 0 Å². The van der Waals surface area contributed by atoms with Gasteiger partial charge in [-0.1, -0.05) is 12.1 Å². The second-order valence-corrected chi connectivity index (χ2v) is 4.52. The van der Waals surface area contributed by atoms with Crippen molar-refractivity contribution in [2.75, 3.05) is 18.2 Å². The van der Waals surface area contributed by atoms with Crippen molar-refractivity contribution in [1.82, 2.24) is 0 Å². The second kappa shape index (κ2) is 5.97. The van der Waals surface area contributed by atoms with Gasteiger partial charge in [-0.25, -0.2) is 0 Å². The minimum absolute atomic E-state index is 0.305. The fourth-order valence-electron chi connectivity index (χ4n) is 1.97. The van der Waals surface area contributed by atoms with Crippen LogP contribution in [-0.4, -0.2) is 13.0 Å². The lowest BCUT2D eigenvalue weighted by atomic mass is 10.1. The molecule has 21 heavy (non-hydrogen) atoms. The normalized spacial score (nSPS) is 9.76. The van der Waals surface area contributed by atoms with Crippen molar-refractivity contribution in [3.05, 3.63) is 53.1 Å². The van der Waals surface area contributed by atoms with Gasteiger partial charge in [0.15, 0.2) is 0 Å². The van der Waals surface area contributed by atoms with Crippen LogP contribution in [0, 0.1) is 18.3 Å². The molecule has 2 aromatic carbocycles. The van der Waals surface area contributed by atoms with E-state index >= 15 is 0 Å². The number of nitrogens with two attached hydrogens (primary N) is 1. The van der Waals surface area contributed by atoms with E-state index in [0.717, 1.165) is 5.56 Å². The van der Waals surface area contributed by atoms with Gasteiger partial charge in [-0.3, -0.25) is 4.79 Å². The van der Waals surface area contributed by atoms with E-state index in [2.05, 4.69) is 11.4 Å². The molecule has 0 heterocycles. The zero-order valence-electron chi connectivity index (χ0n) is 11.8. The predicted octanol–water partition coefficient (Wildman–Crippen LogP) is 2.71. The number of carbonyl (C=O) groups excluding carboxylic acids is 1. The molecule has 0 saturated heterocycles. The molecule has 1 amide bonds. The molecule has 106 valence electrons. The topological polar surface area (TPSA) is 88.1 Å². The maximum Gasteiger partial charge on any atom is 0.257 e. The highest BCUT2D eigenvalue weighted by Gasteiger charge is 2.14. The third-order valence-electron chi connectivity index (χ3n) is 3.14. The highest BCUT2D eigenvalue weighted by atomic mass is 16.5. The van der Waals surface area contributed by atoms with Crippen molar-refractivity contribution in [2.45, 2.75) is 6.92 Å². The lowest BCUT2D eigenvalue weighted by Gasteiger charge is -2.11. The van der Waals surface area contributed by atoms with Gasteiger partial charge >= 0.3 is 0 Å². The minimum Gasteiger partial charge on any atom is -0.497 e. The molecule has 0 aliphatic heterocycles. The van der Waals surface area contributed by atoms with E-state index in [0.29, 0.717) is 28.3 Å². The number of hydrogen-bond acceptors (Lipinski definition) is 4. The number of nitrogen functional groups attached to an aromatic ring is 1. The number of nitrogens with one attached hydrogen (secondary N) is 1. The average Bonchev–Trinajstić information content (AvgIpc) is 2.48. The van der Waals surface area contributed by atoms with E-state index in [9.17, 15) is 10.1 Å². The number of anilines is 2. The number of nitriles is 1. The number of benzene rings is 2. The number of hydrogen-bond donors (Lipinski definition) is 2. The summed E-state index contributed by atoms with van der Waals surface area (Å²) in [5, 5.41) is 11.9. The summed E-state index contributed by atoms with van der Waals surface area (Å²) in [6.07, 6.45) is 0. The van der Waals surface area contributed by atoms with Crippen molar-refractivity contribution in [3.8, 4) is 11.8 Å². The number of carbonyl (C=O) groups is 1. The van der Waals surface area contributed by atoms with Crippen LogP contribution < -0.4 is 15.8 Å². The fraction of sp³-hybridized carbons (Fsp3) is 0.125. The van der Waals surface area contributed by atoms with Crippen molar-refractivity contribution in [2.24, 2.45) is 0 Å². The molecule has 5 nitrogen and oxygen atoms in total. The molecule has 0 aliphatic rings. The number of aryl methyl sites for hydroxylation is 1. The molecule has 2 rings (SSSR count). The van der Waals surface area contributed by atoms with Gasteiger partial charge in [-0.2, -0.15) is 5.26 Å². The highest BCUT2D eigenvalue weighted by molar-refractivity contribution is 6.08. The molecule has 0 aromatic heterocycles. The first kappa shape index (κ1) is 14.4. The monoisotopic (exact) mass is 281 g/mol. The lowest BCUT2D eigenvalue weighted by Crippen LogP contribution is -2.15. The first-order valence-corrected chi connectivity index (χ1v) is 6.31. The Morgan fingerprint density at radius 2 is 2.10 bits per heavy atom. The minimum atomic E-state index is -0.381. The second-order valence-electron chi connectivity index (χ2n) is 4.52. The summed E-state index contributed by atoms with van der Waals surface area (Å²) < 4.78 is 5.09. The first-order chi connectivity index (χ1) is 10.1. The van der Waals surface area contributed by atoms with Crippen LogP contribution in [0.1, 0.15) is 21.5 Å². The fourth-order valence-corrected chi connectivity index (χ4v) is 1.97. The number of methoxy groups -OCH3 is 1. The third-order valence-corrected chi connectivity index (χ3v) is 3.14. The molecule has 0 unspecified atom stereocenters. The van der Waals surface area contributed by atoms with Crippen LogP contribution in [0.4, 0.5) is 11.4 Å². The largest absolute Gasteiger partial charge is 0.497 e. The van der Waals surface area contributed by atoms with Crippen molar-refractivity contribution in [3.63, 3.8) is 0 Å². The average molecular weight is 281 g/mol. The number of amides is 1. The Morgan fingerprint density at radius 1 is 1.33 bits per heavy atom. The summed E-state index contributed by atoms with van der Waals surface area (Å²) in [7, 11) is 1.52. The van der Waals surface area contributed by atoms with Gasteiger partial charge < -0.3 is 15.8 Å². The van der Waals surface area contributed by atoms with E-state index in [1.165, 1.54) is 7.11 Å². The molecule has 5 heteroatoms. The predicted molar refractivity (Wildman–Crippen MR) is 81.3 cm³/mol. The Morgan fingerprint density at radius 3 is 2.76 bits per heavy atom. The molecule has 2 aromatic rings. The zero-order valence-corrected chi connectivity index (χ0v) is 11.8. The number of nitrogens with zero attached hydrogens (tertiary/aromatic N) is 1. The molecular formula is C16H15N3O2. The van der Waals surface area contributed by atoms with Crippen LogP contribution in [0.5, 0.6) is 5.75 Å². The zero-order chi connectivity index (χ0) is 15.4. The van der Waals surface area contributed by atoms with E-state index in [4.69, 9.17) is 10.5 Å². The van der Waals surface area contributed by atoms with Crippen LogP contribution in [-0.2, 0) is 0 Å². The van der Waals surface area contributed by atoms with Crippen molar-refractivity contribution < 1.29 is 9.53 Å². The van der Waals surface area contributed by atoms with Crippen LogP contribution in [0.25, 0.3) is 0 Å². The van der Waals surface area contributed by atoms with Gasteiger partial charge in [0.05, 0.1) is 23.9 Å². The summed E-state index contributed by atoms with van der Waals surface area (Å²) in [5.41, 5.74) is 8.17. The molecule has 3 N–H and O–H groups in total. The molecule has 0 spiro atoms. The SMILES string of the molecule is COc1ccc(N)c(C(=O)Nc2cccc(C)c2C#N)c1. The highest BCUT2D eigenvalue weighted by Crippen LogP contribution is 2.23. The van der Waals surface area contributed by atoms with Gasteiger partial charge in [0.1, 0.15) is 11.8 Å². The quantitative estimate of drug-likeness (QED) is 0.847. The standard InChI is InChI=1S/C16H15N3O2/c1-10-4-3-5-15(13(10)9-17)19-16(20)12-8-11(21-2)6-7-14(12)18/h3-8H,18H2,1-2H3,(H,19,20). The van der Waals surface area contributed by atoms with Crippen molar-refractivity contribution in [1.29, 1.82) is 5.26 Å². The smallest absolute Gasteiger partial charge is 0.257 e. The van der Waals surface area contributed by atoms with Gasteiger partial charge in [0.2, 0.25) is 0 Å². The summed E-state index contributed by atoms with van der Waals surface area (Å²) >= 11 is 0. The van der Waals surface area contributed by atoms with Crippen LogP contribution in [0.15, 0.2) is 36.4 Å². The van der Waals surface area contributed by atoms with Gasteiger partial charge in [-0.05, 0) is 36.8 Å². The van der Waals surface area contributed by atoms with Crippen LogP contribution in [0.3, 0.4) is 0 Å². The molecule has 0 atom stereocenters. The lowest BCUT2D eigenvalue weighted by molar-refractivity contribution is 0.102. The molecule has 0 bridgehead atoms. The molecule has 0 radical (unpaired) electrons. The molecule has 0 aliphatic carbocycles. The Balaban J connectivity index is 2.35. The Bertz CT molecular complexity index is 733. The van der Waals surface area contributed by atoms with E-state index in [1.54, 1.807) is 30.3 Å². The number of ether oxygens (including phenoxy) is 1. The first-order valence-electron chi connectivity index (χ1n) is 6.31. The van der Waals surface area contributed by atoms with Crippen LogP contribution in [0.2, 0.25) is 0 Å². The summed E-state index contributed by atoms with van der Waals surface area (Å²) in [6.45, 7) is 1.81.